The molecular weight excluding hydrogens is 582 g/mol. The summed E-state index contributed by atoms with van der Waals surface area (Å²) in [7, 11) is 1.58. The average Bonchev–Trinajstić information content (AvgIpc) is 3.58. The molecule has 0 unspecified atom stereocenters. The van der Waals surface area contributed by atoms with E-state index in [-0.39, 0.29) is 23.9 Å². The van der Waals surface area contributed by atoms with Crippen LogP contribution in [-0.4, -0.2) is 38.0 Å². The van der Waals surface area contributed by atoms with Gasteiger partial charge in [-0.15, -0.1) is 0 Å². The predicted molar refractivity (Wildman–Crippen MR) is 111 cm³/mol. The van der Waals surface area contributed by atoms with E-state index < -0.39 is 63.4 Å². The highest BCUT2D eigenvalue weighted by molar-refractivity contribution is 9.10. The quantitative estimate of drug-likeness (QED) is 0.340. The van der Waals surface area contributed by atoms with Crippen LogP contribution < -0.4 is 15.0 Å². The van der Waals surface area contributed by atoms with Gasteiger partial charge in [-0.1, -0.05) is 6.07 Å². The molecule has 1 fully saturated rings. The molecule has 0 radical (unpaired) electrons. The van der Waals surface area contributed by atoms with Crippen LogP contribution in [0.15, 0.2) is 34.8 Å². The summed E-state index contributed by atoms with van der Waals surface area (Å²) >= 11 is 2.56. The number of amides is 1. The molecule has 2 aromatic rings. The maximum Gasteiger partial charge on any atom is 0.435 e. The van der Waals surface area contributed by atoms with Gasteiger partial charge in [0.2, 0.25) is 0 Å². The zero-order valence-corrected chi connectivity index (χ0v) is 19.5. The van der Waals surface area contributed by atoms with Crippen molar-refractivity contribution >= 4 is 33.2 Å². The first-order valence-corrected chi connectivity index (χ1v) is 10.7. The van der Waals surface area contributed by atoms with E-state index >= 15 is 0 Å². The van der Waals surface area contributed by atoms with E-state index in [4.69, 9.17) is 0 Å². The van der Waals surface area contributed by atoms with Crippen molar-refractivity contribution in [3.63, 3.8) is 0 Å². The molecule has 4 nitrogen and oxygen atoms in total. The summed E-state index contributed by atoms with van der Waals surface area (Å²) in [4.78, 5) is 14.3. The second-order valence-corrected chi connectivity index (χ2v) is 8.65. The number of carbonyl (C=O) groups is 1. The number of hydrogen-bond donors (Lipinski definition) is 1. The van der Waals surface area contributed by atoms with E-state index in [1.807, 2.05) is 5.32 Å². The van der Waals surface area contributed by atoms with E-state index in [1.54, 1.807) is 11.9 Å². The Morgan fingerprint density at radius 1 is 1.08 bits per heavy atom. The summed E-state index contributed by atoms with van der Waals surface area (Å²) in [6.07, 6.45) is -11.5. The highest BCUT2D eigenvalue weighted by atomic mass is 79.9. The summed E-state index contributed by atoms with van der Waals surface area (Å²) in [5.41, 5.74) is -9.55. The number of halogens is 11. The normalized spacial score (nSPS) is 14.7. The van der Waals surface area contributed by atoms with Crippen LogP contribution in [0.2, 0.25) is 0 Å². The lowest BCUT2D eigenvalue weighted by Crippen LogP contribution is -2.50. The molecule has 0 aliphatic heterocycles. The van der Waals surface area contributed by atoms with Gasteiger partial charge in [0.25, 0.3) is 5.91 Å². The van der Waals surface area contributed by atoms with Crippen LogP contribution in [0.4, 0.5) is 55.3 Å². The van der Waals surface area contributed by atoms with Gasteiger partial charge >= 0.3 is 24.6 Å². The van der Waals surface area contributed by atoms with Gasteiger partial charge in [0.1, 0.15) is 0 Å². The van der Waals surface area contributed by atoms with Crippen molar-refractivity contribution in [3.8, 4) is 5.75 Å². The summed E-state index contributed by atoms with van der Waals surface area (Å²) in [5, 5.41) is 1.92. The van der Waals surface area contributed by atoms with E-state index in [9.17, 15) is 48.7 Å². The Morgan fingerprint density at radius 3 is 2.17 bits per heavy atom. The maximum absolute atomic E-state index is 15.0. The Labute approximate surface area is 205 Å². The number of nitrogens with zero attached hydrogens (tertiary/aromatic N) is 1. The van der Waals surface area contributed by atoms with Crippen molar-refractivity contribution in [1.29, 1.82) is 0 Å². The molecule has 0 heterocycles. The molecule has 198 valence electrons. The first kappa shape index (κ1) is 27.9. The topological polar surface area (TPSA) is 41.6 Å². The third kappa shape index (κ3) is 5.20. The van der Waals surface area contributed by atoms with Crippen LogP contribution in [0.5, 0.6) is 5.75 Å². The van der Waals surface area contributed by atoms with Crippen LogP contribution in [0, 0.1) is 5.82 Å². The Hall–Kier alpha value is -2.71. The molecular formula is C21H15BrF10N2O2. The number of ether oxygens (including phenoxy) is 1. The van der Waals surface area contributed by atoms with Crippen molar-refractivity contribution in [3.05, 3.63) is 51.7 Å². The molecule has 1 amide bonds. The van der Waals surface area contributed by atoms with Crippen molar-refractivity contribution in [2.75, 3.05) is 17.3 Å². The summed E-state index contributed by atoms with van der Waals surface area (Å²) in [5.74, 6) is -3.72. The molecule has 36 heavy (non-hydrogen) atoms. The van der Waals surface area contributed by atoms with Crippen LogP contribution in [0.1, 0.15) is 28.8 Å². The van der Waals surface area contributed by atoms with Gasteiger partial charge in [0.15, 0.2) is 11.6 Å². The van der Waals surface area contributed by atoms with Crippen molar-refractivity contribution in [2.24, 2.45) is 0 Å². The number of carbonyl (C=O) groups excluding carboxylic acids is 1. The number of anilines is 2. The molecule has 1 N–H and O–H groups in total. The van der Waals surface area contributed by atoms with E-state index in [0.29, 0.717) is 0 Å². The lowest BCUT2D eigenvalue weighted by molar-refractivity contribution is -0.348. The van der Waals surface area contributed by atoms with Gasteiger partial charge in [0.05, 0.1) is 16.9 Å². The van der Waals surface area contributed by atoms with E-state index in [2.05, 4.69) is 20.7 Å². The molecule has 2 aromatic carbocycles. The molecule has 3 rings (SSSR count). The minimum atomic E-state index is -6.53. The first-order chi connectivity index (χ1) is 16.5. The number of benzene rings is 2. The zero-order valence-electron chi connectivity index (χ0n) is 17.9. The van der Waals surface area contributed by atoms with Crippen LogP contribution in [-0.2, 0) is 5.67 Å². The highest BCUT2D eigenvalue weighted by Gasteiger charge is 2.73. The van der Waals surface area contributed by atoms with Gasteiger partial charge in [-0.3, -0.25) is 4.79 Å². The molecule has 0 bridgehead atoms. The smallest absolute Gasteiger partial charge is 0.433 e. The van der Waals surface area contributed by atoms with Crippen molar-refractivity contribution in [2.45, 2.75) is 43.5 Å². The second kappa shape index (κ2) is 9.63. The Bertz CT molecular complexity index is 1130. The predicted octanol–water partition coefficient (Wildman–Crippen LogP) is 7.33. The van der Waals surface area contributed by atoms with Gasteiger partial charge in [-0.2, -0.15) is 35.1 Å². The molecule has 0 saturated heterocycles. The van der Waals surface area contributed by atoms with E-state index in [0.717, 1.165) is 18.9 Å². The number of rotatable bonds is 7. The standard InChI is InChI=1S/C21H15BrF10N2O2/c1-34(10-5-6-10)13-4-2-3-11(15(13)23)17(35)33-16-12(22)7-9(8-14(16)36-18(24)25)19(26,20(27,28)29)21(30,31)32/h2-4,7-8,10,18H,5-6H2,1H3,(H,33,35). The molecule has 0 spiro atoms. The second-order valence-electron chi connectivity index (χ2n) is 7.80. The van der Waals surface area contributed by atoms with Crippen molar-refractivity contribution in [1.82, 2.24) is 0 Å². The first-order valence-electron chi connectivity index (χ1n) is 9.93. The van der Waals surface area contributed by atoms with Gasteiger partial charge in [-0.25, -0.2) is 8.78 Å². The minimum absolute atomic E-state index is 0.00255. The fourth-order valence-corrected chi connectivity index (χ4v) is 3.93. The average molecular weight is 597 g/mol. The lowest BCUT2D eigenvalue weighted by atomic mass is 9.93. The van der Waals surface area contributed by atoms with Crippen molar-refractivity contribution < 1.29 is 53.4 Å². The third-order valence-corrected chi connectivity index (χ3v) is 6.01. The summed E-state index contributed by atoms with van der Waals surface area (Å²) in [6.45, 7) is -3.79. The summed E-state index contributed by atoms with van der Waals surface area (Å²) in [6, 6.07) is 3.48. The molecule has 15 heteroatoms. The molecule has 1 aliphatic carbocycles. The fraction of sp³-hybridized carbons (Fsp3) is 0.381. The summed E-state index contributed by atoms with van der Waals surface area (Å²) < 4.78 is 137. The maximum atomic E-state index is 15.0. The Kier molecular flexibility index (Phi) is 7.46. The van der Waals surface area contributed by atoms with Gasteiger partial charge in [-0.05, 0) is 53.0 Å². The minimum Gasteiger partial charge on any atom is -0.433 e. The monoisotopic (exact) mass is 596 g/mol. The number of hydrogen-bond acceptors (Lipinski definition) is 3. The Balaban J connectivity index is 2.07. The lowest BCUT2D eigenvalue weighted by Gasteiger charge is -2.31. The fourth-order valence-electron chi connectivity index (χ4n) is 3.39. The van der Waals surface area contributed by atoms with E-state index in [1.165, 1.54) is 12.1 Å². The van der Waals surface area contributed by atoms with Crippen LogP contribution in [0.25, 0.3) is 0 Å². The largest absolute Gasteiger partial charge is 0.435 e. The molecule has 1 aliphatic rings. The molecule has 1 saturated carbocycles. The number of alkyl halides is 9. The Morgan fingerprint density at radius 2 is 1.67 bits per heavy atom. The highest BCUT2D eigenvalue weighted by Crippen LogP contribution is 2.55. The third-order valence-electron chi connectivity index (χ3n) is 5.39. The molecule has 0 aromatic heterocycles. The van der Waals surface area contributed by atoms with Crippen LogP contribution in [0.3, 0.4) is 0 Å². The zero-order chi connectivity index (χ0) is 27.2. The molecule has 0 atom stereocenters. The SMILES string of the molecule is CN(c1cccc(C(=O)Nc2c(Br)cc(C(F)(C(F)(F)F)C(F)(F)F)cc2OC(F)F)c1F)C1CC1. The van der Waals surface area contributed by atoms with Gasteiger partial charge in [0, 0.05) is 23.1 Å². The number of nitrogens with one attached hydrogen (secondary N) is 1. The van der Waals surface area contributed by atoms with Gasteiger partial charge < -0.3 is 15.0 Å². The van der Waals surface area contributed by atoms with Crippen LogP contribution >= 0.6 is 15.9 Å².